The fraction of sp³-hybridized carbons (Fsp3) is 0.296. The molecule has 0 spiro atoms. The van der Waals surface area contributed by atoms with Crippen molar-refractivity contribution in [3.8, 4) is 11.1 Å². The Labute approximate surface area is 227 Å². The van der Waals surface area contributed by atoms with Crippen LogP contribution in [0.2, 0.25) is 0 Å². The lowest BCUT2D eigenvalue weighted by molar-refractivity contribution is 0.0977. The summed E-state index contributed by atoms with van der Waals surface area (Å²) < 4.78 is 29.1. The van der Waals surface area contributed by atoms with Gasteiger partial charge in [-0.15, -0.1) is 0 Å². The first-order valence-electron chi connectivity index (χ1n) is 12.4. The molecule has 0 atom stereocenters. The minimum atomic E-state index is -3.83. The monoisotopic (exact) mass is 554 g/mol. The minimum absolute atomic E-state index is 0.0143. The number of halogens is 1. The summed E-state index contributed by atoms with van der Waals surface area (Å²) in [4.78, 5) is 16.6. The van der Waals surface area contributed by atoms with Gasteiger partial charge in [0.15, 0.2) is 0 Å². The third kappa shape index (κ3) is 5.40. The maximum atomic E-state index is 13.0. The minimum Gasteiger partial charge on any atom is -0.448 e. The third-order valence-electron chi connectivity index (χ3n) is 7.31. The zero-order chi connectivity index (χ0) is 27.0. The van der Waals surface area contributed by atoms with Crippen LogP contribution in [0.1, 0.15) is 28.2 Å². The van der Waals surface area contributed by atoms with E-state index in [0.29, 0.717) is 43.0 Å². The van der Waals surface area contributed by atoms with Gasteiger partial charge in [0, 0.05) is 48.5 Å². The Bertz CT molecular complexity index is 1430. The number of ether oxygens (including phenoxy) is 1. The van der Waals surface area contributed by atoms with Gasteiger partial charge in [-0.05, 0) is 51.8 Å². The highest BCUT2D eigenvalue weighted by Crippen LogP contribution is 2.44. The largest absolute Gasteiger partial charge is 0.488 e. The Morgan fingerprint density at radius 3 is 2.13 bits per heavy atom. The molecule has 198 valence electrons. The second-order valence-corrected chi connectivity index (χ2v) is 12.4. The zero-order valence-corrected chi connectivity index (χ0v) is 22.5. The van der Waals surface area contributed by atoms with Crippen molar-refractivity contribution in [2.75, 3.05) is 37.7 Å². The zero-order valence-electron chi connectivity index (χ0n) is 20.9. The van der Waals surface area contributed by atoms with Crippen molar-refractivity contribution in [3.05, 3.63) is 82.9 Å². The quantitative estimate of drug-likeness (QED) is 0.356. The van der Waals surface area contributed by atoms with Gasteiger partial charge in [0.1, 0.15) is 6.61 Å². The predicted molar refractivity (Wildman–Crippen MR) is 148 cm³/mol. The topological polar surface area (TPSA) is 107 Å². The van der Waals surface area contributed by atoms with Gasteiger partial charge in [0.25, 0.3) is 0 Å². The van der Waals surface area contributed by atoms with E-state index in [-0.39, 0.29) is 24.1 Å². The number of piperazine rings is 1. The molecule has 1 heterocycles. The molecule has 0 saturated carbocycles. The van der Waals surface area contributed by atoms with Crippen LogP contribution >= 0.6 is 10.7 Å². The van der Waals surface area contributed by atoms with Gasteiger partial charge in [-0.25, -0.2) is 13.2 Å². The molecule has 1 fully saturated rings. The Balaban J connectivity index is 1.25. The summed E-state index contributed by atoms with van der Waals surface area (Å²) in [6, 6.07) is 19.5. The van der Waals surface area contributed by atoms with Gasteiger partial charge in [-0.1, -0.05) is 54.6 Å². The molecule has 3 aromatic rings. The molecule has 0 unspecified atom stereocenters. The Morgan fingerprint density at radius 2 is 1.58 bits per heavy atom. The van der Waals surface area contributed by atoms with E-state index >= 15 is 0 Å². The van der Waals surface area contributed by atoms with Gasteiger partial charge in [0.05, 0.1) is 5.75 Å². The molecule has 38 heavy (non-hydrogen) atoms. The highest BCUT2D eigenvalue weighted by Gasteiger charge is 2.31. The number of carbonyl (C=O) groups excluding carboxylic acids is 1. The lowest BCUT2D eigenvalue weighted by atomic mass is 9.76. The fourth-order valence-corrected chi connectivity index (χ4v) is 6.42. The number of nitrogens with zero attached hydrogens (tertiary/aromatic N) is 2. The van der Waals surface area contributed by atoms with E-state index in [4.69, 9.17) is 15.4 Å². The maximum Gasteiger partial charge on any atom is 0.488 e. The van der Waals surface area contributed by atoms with Crippen LogP contribution in [-0.4, -0.2) is 69.4 Å². The van der Waals surface area contributed by atoms with Crippen LogP contribution in [0.15, 0.2) is 60.7 Å². The van der Waals surface area contributed by atoms with Crippen LogP contribution in [0, 0.1) is 6.92 Å². The van der Waals surface area contributed by atoms with Crippen molar-refractivity contribution in [1.82, 2.24) is 4.90 Å². The summed E-state index contributed by atoms with van der Waals surface area (Å²) in [6.07, 6.45) is -0.378. The lowest BCUT2D eigenvalue weighted by Gasteiger charge is -2.37. The number of amides is 1. The van der Waals surface area contributed by atoms with E-state index in [9.17, 15) is 23.3 Å². The van der Waals surface area contributed by atoms with Gasteiger partial charge in [-0.3, -0.25) is 0 Å². The molecule has 0 aromatic heterocycles. The molecule has 1 amide bonds. The SMILES string of the molecule is Cc1c(B(O)O)cc(CS(=O)(=O)Cl)cc1N1CCN(C(=O)OCC2c3ccccc3-c3ccccc32)CC1. The molecule has 2 N–H and O–H groups in total. The van der Waals surface area contributed by atoms with Crippen LogP contribution in [-0.2, 0) is 19.5 Å². The summed E-state index contributed by atoms with van der Waals surface area (Å²) in [5.41, 5.74) is 6.54. The molecule has 8 nitrogen and oxygen atoms in total. The van der Waals surface area contributed by atoms with E-state index in [0.717, 1.165) is 11.1 Å². The van der Waals surface area contributed by atoms with Crippen LogP contribution in [0.4, 0.5) is 10.5 Å². The second-order valence-electron chi connectivity index (χ2n) is 9.66. The van der Waals surface area contributed by atoms with Crippen molar-refractivity contribution in [3.63, 3.8) is 0 Å². The average molecular weight is 555 g/mol. The summed E-state index contributed by atoms with van der Waals surface area (Å²) in [7, 11) is -0.146. The number of hydrogen-bond acceptors (Lipinski definition) is 7. The molecule has 2 aliphatic rings. The van der Waals surface area contributed by atoms with Crippen LogP contribution < -0.4 is 10.4 Å². The molecule has 11 heteroatoms. The normalized spacial score (nSPS) is 15.3. The van der Waals surface area contributed by atoms with E-state index in [1.54, 1.807) is 17.9 Å². The molecule has 5 rings (SSSR count). The Morgan fingerprint density at radius 1 is 1.00 bits per heavy atom. The third-order valence-corrected chi connectivity index (χ3v) is 8.32. The van der Waals surface area contributed by atoms with Gasteiger partial charge in [0.2, 0.25) is 9.05 Å². The van der Waals surface area contributed by atoms with Crippen LogP contribution in [0.25, 0.3) is 11.1 Å². The number of carbonyl (C=O) groups is 1. The maximum absolute atomic E-state index is 13.0. The fourth-order valence-electron chi connectivity index (χ4n) is 5.48. The van der Waals surface area contributed by atoms with E-state index in [1.807, 2.05) is 29.2 Å². The first-order valence-corrected chi connectivity index (χ1v) is 14.9. The molecule has 0 bridgehead atoms. The Kier molecular flexibility index (Phi) is 7.41. The second kappa shape index (κ2) is 10.6. The molecule has 1 aliphatic carbocycles. The predicted octanol–water partition coefficient (Wildman–Crippen LogP) is 2.81. The molecule has 1 aliphatic heterocycles. The summed E-state index contributed by atoms with van der Waals surface area (Å²) in [6.45, 7) is 3.77. The number of benzene rings is 3. The smallest absolute Gasteiger partial charge is 0.448 e. The van der Waals surface area contributed by atoms with Gasteiger partial charge < -0.3 is 24.6 Å². The number of rotatable bonds is 6. The summed E-state index contributed by atoms with van der Waals surface area (Å²) in [5.74, 6) is -0.444. The van der Waals surface area contributed by atoms with Crippen molar-refractivity contribution in [2.24, 2.45) is 0 Å². The Hall–Kier alpha value is -3.05. The van der Waals surface area contributed by atoms with Crippen LogP contribution in [0.5, 0.6) is 0 Å². The molecule has 1 saturated heterocycles. The van der Waals surface area contributed by atoms with Crippen molar-refractivity contribution >= 4 is 44.1 Å². The van der Waals surface area contributed by atoms with E-state index < -0.39 is 21.9 Å². The standard InChI is InChI=1S/C27H28BClN2O6S/c1-18-25(28(33)34)14-19(17-38(29,35)36)15-26(18)30-10-12-31(13-11-30)27(32)37-16-24-22-8-4-2-6-20(22)21-7-3-5-9-23(21)24/h2-9,14-15,24,33-34H,10-13,16-17H2,1H3. The first-order chi connectivity index (χ1) is 18.1. The average Bonchev–Trinajstić information content (AvgIpc) is 3.21. The van der Waals surface area contributed by atoms with Crippen molar-refractivity contribution < 1.29 is 28.0 Å². The first kappa shape index (κ1) is 26.6. The van der Waals surface area contributed by atoms with Crippen molar-refractivity contribution in [2.45, 2.75) is 18.6 Å². The highest BCUT2D eigenvalue weighted by atomic mass is 35.7. The summed E-state index contributed by atoms with van der Waals surface area (Å²) >= 11 is 0. The molecule has 0 radical (unpaired) electrons. The summed E-state index contributed by atoms with van der Waals surface area (Å²) in [5, 5.41) is 19.6. The molecular formula is C27H28BClN2O6S. The molecule has 3 aromatic carbocycles. The van der Waals surface area contributed by atoms with E-state index in [1.165, 1.54) is 17.2 Å². The number of fused-ring (bicyclic) bond motifs is 3. The van der Waals surface area contributed by atoms with Gasteiger partial charge >= 0.3 is 13.2 Å². The van der Waals surface area contributed by atoms with Crippen LogP contribution in [0.3, 0.4) is 0 Å². The van der Waals surface area contributed by atoms with Crippen molar-refractivity contribution in [1.29, 1.82) is 0 Å². The number of anilines is 1. The lowest BCUT2D eigenvalue weighted by Crippen LogP contribution is -2.49. The molecular weight excluding hydrogens is 527 g/mol. The van der Waals surface area contributed by atoms with E-state index in [2.05, 4.69) is 24.3 Å². The van der Waals surface area contributed by atoms with Gasteiger partial charge in [-0.2, -0.15) is 0 Å². The number of hydrogen-bond donors (Lipinski definition) is 2. The highest BCUT2D eigenvalue weighted by molar-refractivity contribution is 8.13.